The van der Waals surface area contributed by atoms with E-state index in [1.165, 1.54) is 0 Å². The van der Waals surface area contributed by atoms with E-state index in [4.69, 9.17) is 16.7 Å². The molecule has 0 aliphatic rings. The van der Waals surface area contributed by atoms with Gasteiger partial charge in [-0.1, -0.05) is 11.8 Å². The third-order valence-electron chi connectivity index (χ3n) is 1.87. The number of carboxylic acids is 1. The molecule has 6 heteroatoms. The summed E-state index contributed by atoms with van der Waals surface area (Å²) in [6.45, 7) is 0. The van der Waals surface area contributed by atoms with Crippen molar-refractivity contribution in [2.24, 2.45) is 0 Å². The molecule has 0 fully saturated rings. The molecular weight excluding hydrogens is 257 g/mol. The largest absolute Gasteiger partial charge is 0.478 e. The molecular formula is C11H6ClF3O2. The minimum Gasteiger partial charge on any atom is -0.478 e. The predicted octanol–water partition coefficient (Wildman–Crippen LogP) is 2.99. The topological polar surface area (TPSA) is 37.3 Å². The number of aromatic carboxylic acids is 1. The van der Waals surface area contributed by atoms with Gasteiger partial charge in [0.2, 0.25) is 0 Å². The second-order valence-corrected chi connectivity index (χ2v) is 3.27. The van der Waals surface area contributed by atoms with Crippen LogP contribution in [0, 0.1) is 11.8 Å². The molecule has 0 aliphatic carbocycles. The zero-order valence-electron chi connectivity index (χ0n) is 8.31. The second-order valence-electron chi connectivity index (χ2n) is 3.00. The molecule has 0 saturated carbocycles. The highest BCUT2D eigenvalue weighted by atomic mass is 35.5. The molecule has 1 aromatic carbocycles. The fourth-order valence-corrected chi connectivity index (χ4v) is 1.21. The van der Waals surface area contributed by atoms with Gasteiger partial charge in [-0.05, 0) is 18.2 Å². The van der Waals surface area contributed by atoms with Gasteiger partial charge in [-0.2, -0.15) is 13.2 Å². The summed E-state index contributed by atoms with van der Waals surface area (Å²) in [5.41, 5.74) is -1.43. The molecule has 0 aromatic heterocycles. The predicted molar refractivity (Wildman–Crippen MR) is 56.0 cm³/mol. The van der Waals surface area contributed by atoms with E-state index in [-0.39, 0.29) is 17.0 Å². The minimum atomic E-state index is -4.53. The van der Waals surface area contributed by atoms with E-state index in [2.05, 4.69) is 11.8 Å². The molecule has 0 aliphatic heterocycles. The Kier molecular flexibility index (Phi) is 4.02. The Morgan fingerprint density at radius 3 is 2.53 bits per heavy atom. The highest BCUT2D eigenvalue weighted by molar-refractivity contribution is 6.19. The van der Waals surface area contributed by atoms with Gasteiger partial charge in [0.1, 0.15) is 0 Å². The lowest BCUT2D eigenvalue weighted by Crippen LogP contribution is -2.08. The van der Waals surface area contributed by atoms with Crippen molar-refractivity contribution in [2.75, 3.05) is 5.88 Å². The van der Waals surface area contributed by atoms with Gasteiger partial charge in [0.15, 0.2) is 0 Å². The van der Waals surface area contributed by atoms with Crippen LogP contribution in [0.4, 0.5) is 13.2 Å². The minimum absolute atomic E-state index is 0.0880. The van der Waals surface area contributed by atoms with E-state index in [1.807, 2.05) is 0 Å². The third kappa shape index (κ3) is 3.40. The van der Waals surface area contributed by atoms with E-state index in [0.717, 1.165) is 6.07 Å². The molecule has 1 N–H and O–H groups in total. The maximum absolute atomic E-state index is 12.4. The average Bonchev–Trinajstić information content (AvgIpc) is 2.24. The SMILES string of the molecule is O=C(O)c1ccc(C(F)(F)F)cc1C#CCCl. The van der Waals surface area contributed by atoms with Crippen LogP contribution in [0.1, 0.15) is 21.5 Å². The van der Waals surface area contributed by atoms with E-state index in [9.17, 15) is 18.0 Å². The molecule has 0 bridgehead atoms. The molecule has 2 nitrogen and oxygen atoms in total. The molecule has 1 aromatic rings. The Morgan fingerprint density at radius 2 is 2.06 bits per heavy atom. The van der Waals surface area contributed by atoms with Crippen molar-refractivity contribution >= 4 is 17.6 Å². The van der Waals surface area contributed by atoms with Crippen LogP contribution in [0.5, 0.6) is 0 Å². The van der Waals surface area contributed by atoms with Crippen LogP contribution in [0.3, 0.4) is 0 Å². The van der Waals surface area contributed by atoms with Gasteiger partial charge in [0.05, 0.1) is 17.0 Å². The summed E-state index contributed by atoms with van der Waals surface area (Å²) in [4.78, 5) is 10.8. The molecule has 90 valence electrons. The van der Waals surface area contributed by atoms with Crippen molar-refractivity contribution in [3.8, 4) is 11.8 Å². The van der Waals surface area contributed by atoms with Gasteiger partial charge in [-0.3, -0.25) is 0 Å². The molecule has 0 atom stereocenters. The summed E-state index contributed by atoms with van der Waals surface area (Å²) in [5, 5.41) is 8.78. The molecule has 0 spiro atoms. The number of hydrogen-bond acceptors (Lipinski definition) is 1. The summed E-state index contributed by atoms with van der Waals surface area (Å²) in [7, 11) is 0. The first-order valence-corrected chi connectivity index (χ1v) is 4.89. The maximum Gasteiger partial charge on any atom is 0.416 e. The number of rotatable bonds is 1. The van der Waals surface area contributed by atoms with Gasteiger partial charge >= 0.3 is 12.1 Å². The molecule has 0 radical (unpaired) electrons. The van der Waals surface area contributed by atoms with Crippen LogP contribution in [0.15, 0.2) is 18.2 Å². The van der Waals surface area contributed by atoms with Crippen molar-refractivity contribution in [1.82, 2.24) is 0 Å². The summed E-state index contributed by atoms with van der Waals surface area (Å²) < 4.78 is 37.2. The van der Waals surface area contributed by atoms with Crippen LogP contribution in [0.2, 0.25) is 0 Å². The van der Waals surface area contributed by atoms with E-state index < -0.39 is 17.7 Å². The Morgan fingerprint density at radius 1 is 1.41 bits per heavy atom. The first kappa shape index (κ1) is 13.4. The number of benzene rings is 1. The van der Waals surface area contributed by atoms with Gasteiger partial charge in [0.25, 0.3) is 0 Å². The fraction of sp³-hybridized carbons (Fsp3) is 0.182. The molecule has 0 saturated heterocycles. The van der Waals surface area contributed by atoms with Crippen LogP contribution in [0.25, 0.3) is 0 Å². The lowest BCUT2D eigenvalue weighted by molar-refractivity contribution is -0.137. The monoisotopic (exact) mass is 262 g/mol. The zero-order valence-corrected chi connectivity index (χ0v) is 9.06. The van der Waals surface area contributed by atoms with Crippen molar-refractivity contribution in [3.63, 3.8) is 0 Å². The summed E-state index contributed by atoms with van der Waals surface area (Å²) >= 11 is 5.27. The molecule has 0 unspecified atom stereocenters. The normalized spacial score (nSPS) is 10.6. The fourth-order valence-electron chi connectivity index (χ4n) is 1.14. The van der Waals surface area contributed by atoms with Crippen LogP contribution < -0.4 is 0 Å². The number of halogens is 4. The third-order valence-corrected chi connectivity index (χ3v) is 2.00. The quantitative estimate of drug-likeness (QED) is 0.624. The lowest BCUT2D eigenvalue weighted by atomic mass is 10.0. The molecule has 0 heterocycles. The van der Waals surface area contributed by atoms with Gasteiger partial charge in [0, 0.05) is 5.56 Å². The van der Waals surface area contributed by atoms with E-state index in [0.29, 0.717) is 12.1 Å². The van der Waals surface area contributed by atoms with Crippen molar-refractivity contribution < 1.29 is 23.1 Å². The Balaban J connectivity index is 3.34. The molecule has 0 amide bonds. The van der Waals surface area contributed by atoms with E-state index in [1.54, 1.807) is 0 Å². The maximum atomic E-state index is 12.4. The van der Waals surface area contributed by atoms with Crippen LogP contribution in [-0.2, 0) is 6.18 Å². The standard InChI is InChI=1S/C11H6ClF3O2/c12-5-1-2-7-6-8(11(13,14)15)3-4-9(7)10(16)17/h3-4,6H,5H2,(H,16,17). The number of hydrogen-bond donors (Lipinski definition) is 1. The second kappa shape index (κ2) is 5.11. The van der Waals surface area contributed by atoms with Gasteiger partial charge in [-0.25, -0.2) is 4.79 Å². The van der Waals surface area contributed by atoms with Crippen molar-refractivity contribution in [2.45, 2.75) is 6.18 Å². The molecule has 1 rings (SSSR count). The smallest absolute Gasteiger partial charge is 0.416 e. The summed E-state index contributed by atoms with van der Waals surface area (Å²) in [6.07, 6.45) is -4.53. The van der Waals surface area contributed by atoms with Crippen molar-refractivity contribution in [1.29, 1.82) is 0 Å². The van der Waals surface area contributed by atoms with Crippen LogP contribution in [-0.4, -0.2) is 17.0 Å². The van der Waals surface area contributed by atoms with Gasteiger partial charge in [-0.15, -0.1) is 11.6 Å². The Hall–Kier alpha value is -1.67. The Labute approximate surface area is 100 Å². The number of carboxylic acid groups (broad SMARTS) is 1. The summed E-state index contributed by atoms with van der Waals surface area (Å²) in [6, 6.07) is 2.28. The average molecular weight is 263 g/mol. The van der Waals surface area contributed by atoms with Crippen molar-refractivity contribution in [3.05, 3.63) is 34.9 Å². The van der Waals surface area contributed by atoms with E-state index >= 15 is 0 Å². The highest BCUT2D eigenvalue weighted by Crippen LogP contribution is 2.30. The van der Waals surface area contributed by atoms with Crippen LogP contribution >= 0.6 is 11.6 Å². The first-order valence-electron chi connectivity index (χ1n) is 4.35. The lowest BCUT2D eigenvalue weighted by Gasteiger charge is -2.08. The Bertz CT molecular complexity index is 498. The number of carbonyl (C=O) groups is 1. The first-order chi connectivity index (χ1) is 7.86. The molecule has 17 heavy (non-hydrogen) atoms. The van der Waals surface area contributed by atoms with Gasteiger partial charge < -0.3 is 5.11 Å². The zero-order chi connectivity index (χ0) is 13.1. The highest BCUT2D eigenvalue weighted by Gasteiger charge is 2.31. The summed E-state index contributed by atoms with van der Waals surface area (Å²) in [5.74, 6) is 3.19. The number of alkyl halides is 4.